The van der Waals surface area contributed by atoms with Crippen molar-refractivity contribution in [2.45, 2.75) is 18.0 Å². The summed E-state index contributed by atoms with van der Waals surface area (Å²) in [5.74, 6) is -15.0. The van der Waals surface area contributed by atoms with Crippen molar-refractivity contribution in [1.29, 1.82) is 0 Å². The molecule has 0 amide bonds. The van der Waals surface area contributed by atoms with E-state index in [-0.39, 0.29) is 15.6 Å². The van der Waals surface area contributed by atoms with Crippen molar-refractivity contribution in [2.75, 3.05) is 0 Å². The van der Waals surface area contributed by atoms with Crippen LogP contribution in [0.5, 0.6) is 0 Å². The van der Waals surface area contributed by atoms with E-state index in [2.05, 4.69) is 14.7 Å². The number of halogens is 9. The smallest absolute Gasteiger partial charge is 0.332 e. The van der Waals surface area contributed by atoms with Crippen molar-refractivity contribution in [1.82, 2.24) is 10.1 Å². The first kappa shape index (κ1) is 17.8. The summed E-state index contributed by atoms with van der Waals surface area (Å²) in [4.78, 5) is 2.89. The van der Waals surface area contributed by atoms with Gasteiger partial charge in [0, 0.05) is 10.6 Å². The molecule has 0 saturated heterocycles. The maximum Gasteiger partial charge on any atom is 0.460 e. The molecule has 0 aliphatic carbocycles. The Kier molecular flexibility index (Phi) is 4.27. The Morgan fingerprint density at radius 3 is 2.09 bits per heavy atom. The van der Waals surface area contributed by atoms with E-state index in [0.29, 0.717) is 0 Å². The molecule has 0 spiro atoms. The van der Waals surface area contributed by atoms with Crippen LogP contribution in [0.4, 0.5) is 30.7 Å². The molecule has 0 bridgehead atoms. The Labute approximate surface area is 133 Å². The second-order valence-electron chi connectivity index (χ2n) is 4.19. The van der Waals surface area contributed by atoms with Crippen LogP contribution in [0.15, 0.2) is 22.7 Å². The van der Waals surface area contributed by atoms with E-state index in [1.54, 1.807) is 0 Å². The molecule has 1 aromatic heterocycles. The van der Waals surface area contributed by atoms with Crippen molar-refractivity contribution in [3.05, 3.63) is 34.1 Å². The van der Waals surface area contributed by atoms with Crippen molar-refractivity contribution in [3.8, 4) is 11.4 Å². The molecule has 0 N–H and O–H groups in total. The number of hydrogen-bond acceptors (Lipinski definition) is 3. The van der Waals surface area contributed by atoms with Crippen molar-refractivity contribution < 1.29 is 35.3 Å². The molecular weight excluding hydrogens is 380 g/mol. The molecule has 0 unspecified atom stereocenters. The molecule has 0 saturated carbocycles. The minimum atomic E-state index is -6.51. The van der Waals surface area contributed by atoms with Gasteiger partial charge in [-0.15, -0.1) is 0 Å². The lowest BCUT2D eigenvalue weighted by molar-refractivity contribution is -0.364. The first-order chi connectivity index (χ1) is 10.4. The molecule has 1 heterocycles. The van der Waals surface area contributed by atoms with Gasteiger partial charge in [-0.1, -0.05) is 28.4 Å². The first-order valence-corrected chi connectivity index (χ1v) is 6.25. The van der Waals surface area contributed by atoms with Crippen LogP contribution in [0.2, 0.25) is 10.0 Å². The molecule has 0 fully saturated rings. The number of nitrogens with zero attached hydrogens (tertiary/aromatic N) is 2. The Morgan fingerprint density at radius 2 is 1.57 bits per heavy atom. The van der Waals surface area contributed by atoms with Crippen molar-refractivity contribution in [2.24, 2.45) is 0 Å². The Hall–Kier alpha value is -1.55. The Bertz CT molecular complexity index is 729. The van der Waals surface area contributed by atoms with Gasteiger partial charge in [0.1, 0.15) is 0 Å². The van der Waals surface area contributed by atoms with Gasteiger partial charge in [-0.25, -0.2) is 0 Å². The number of aromatic nitrogens is 2. The maximum atomic E-state index is 13.4. The highest BCUT2D eigenvalue weighted by Gasteiger charge is 2.76. The third-order valence-electron chi connectivity index (χ3n) is 2.62. The quantitative estimate of drug-likeness (QED) is 0.673. The maximum absolute atomic E-state index is 13.4. The van der Waals surface area contributed by atoms with Crippen LogP contribution in [0.25, 0.3) is 11.4 Å². The predicted molar refractivity (Wildman–Crippen MR) is 64.7 cm³/mol. The molecule has 2 rings (SSSR count). The van der Waals surface area contributed by atoms with E-state index in [4.69, 9.17) is 23.2 Å². The van der Waals surface area contributed by atoms with E-state index in [0.717, 1.165) is 12.1 Å². The van der Waals surface area contributed by atoms with Gasteiger partial charge in [-0.05, 0) is 18.2 Å². The SMILES string of the molecule is FC(F)(F)C(F)(F)C(F)(F)c1nc(-c2ccc(Cl)cc2Cl)no1. The standard InChI is InChI=1S/C11H3Cl2F7N2O/c12-4-1-2-5(6(13)3-4)7-21-8(23-22-7)9(14,15)10(16,17)11(18,19)20/h1-3H. The van der Waals surface area contributed by atoms with Crippen LogP contribution in [-0.4, -0.2) is 22.2 Å². The number of rotatable bonds is 3. The minimum Gasteiger partial charge on any atom is -0.332 e. The highest BCUT2D eigenvalue weighted by atomic mass is 35.5. The third kappa shape index (κ3) is 2.97. The van der Waals surface area contributed by atoms with Crippen molar-refractivity contribution in [3.63, 3.8) is 0 Å². The highest BCUT2D eigenvalue weighted by Crippen LogP contribution is 2.51. The average Bonchev–Trinajstić information content (AvgIpc) is 2.87. The molecule has 0 aliphatic heterocycles. The minimum absolute atomic E-state index is 0.141. The fourth-order valence-electron chi connectivity index (χ4n) is 1.44. The summed E-state index contributed by atoms with van der Waals surface area (Å²) < 4.78 is 92.7. The molecule has 126 valence electrons. The normalized spacial score (nSPS) is 13.4. The van der Waals surface area contributed by atoms with E-state index in [9.17, 15) is 30.7 Å². The molecule has 0 aliphatic rings. The molecule has 2 aromatic rings. The van der Waals surface area contributed by atoms with Gasteiger partial charge in [0.15, 0.2) is 0 Å². The zero-order valence-corrected chi connectivity index (χ0v) is 11.9. The van der Waals surface area contributed by atoms with Gasteiger partial charge in [-0.3, -0.25) is 0 Å². The summed E-state index contributed by atoms with van der Waals surface area (Å²) in [7, 11) is 0. The topological polar surface area (TPSA) is 38.9 Å². The lowest BCUT2D eigenvalue weighted by Crippen LogP contribution is -2.50. The van der Waals surface area contributed by atoms with Crippen LogP contribution in [0.3, 0.4) is 0 Å². The summed E-state index contributed by atoms with van der Waals surface area (Å²) >= 11 is 11.3. The van der Waals surface area contributed by atoms with Crippen molar-refractivity contribution >= 4 is 23.2 Å². The zero-order chi connectivity index (χ0) is 17.6. The molecule has 23 heavy (non-hydrogen) atoms. The third-order valence-corrected chi connectivity index (χ3v) is 3.16. The molecule has 0 radical (unpaired) electrons. The highest BCUT2D eigenvalue weighted by molar-refractivity contribution is 6.36. The monoisotopic (exact) mass is 382 g/mol. The largest absolute Gasteiger partial charge is 0.460 e. The summed E-state index contributed by atoms with van der Waals surface area (Å²) in [6.07, 6.45) is -6.51. The summed E-state index contributed by atoms with van der Waals surface area (Å²) in [6, 6.07) is 3.57. The second kappa shape index (κ2) is 5.52. The van der Waals surface area contributed by atoms with E-state index >= 15 is 0 Å². The Balaban J connectivity index is 2.46. The van der Waals surface area contributed by atoms with E-state index in [1.807, 2.05) is 0 Å². The summed E-state index contributed by atoms with van der Waals surface area (Å²) in [5.41, 5.74) is -0.141. The van der Waals surface area contributed by atoms with E-state index in [1.165, 1.54) is 6.07 Å². The lowest BCUT2D eigenvalue weighted by Gasteiger charge is -2.25. The van der Waals surface area contributed by atoms with Crippen LogP contribution in [0, 0.1) is 0 Å². The number of alkyl halides is 7. The van der Waals surface area contributed by atoms with Gasteiger partial charge in [0.05, 0.1) is 5.02 Å². The van der Waals surface area contributed by atoms with Crippen LogP contribution >= 0.6 is 23.2 Å². The molecule has 12 heteroatoms. The van der Waals surface area contributed by atoms with Gasteiger partial charge in [0.2, 0.25) is 5.82 Å². The molecule has 0 atom stereocenters. The van der Waals surface area contributed by atoms with Gasteiger partial charge >= 0.3 is 23.9 Å². The van der Waals surface area contributed by atoms with E-state index < -0.39 is 29.7 Å². The van der Waals surface area contributed by atoms with Crippen LogP contribution < -0.4 is 0 Å². The molecular formula is C11H3Cl2F7N2O. The first-order valence-electron chi connectivity index (χ1n) is 5.50. The Morgan fingerprint density at radius 1 is 0.957 bits per heavy atom. The predicted octanol–water partition coefficient (Wildman–Crippen LogP) is 5.33. The fraction of sp³-hybridized carbons (Fsp3) is 0.273. The second-order valence-corrected chi connectivity index (χ2v) is 5.04. The van der Waals surface area contributed by atoms with Gasteiger partial charge in [-0.2, -0.15) is 35.7 Å². The molecule has 1 aromatic carbocycles. The fourth-order valence-corrected chi connectivity index (χ4v) is 1.94. The average molecular weight is 383 g/mol. The summed E-state index contributed by atoms with van der Waals surface area (Å²) in [6.45, 7) is 0. The molecule has 3 nitrogen and oxygen atoms in total. The zero-order valence-electron chi connectivity index (χ0n) is 10.4. The lowest BCUT2D eigenvalue weighted by atomic mass is 10.1. The van der Waals surface area contributed by atoms with Gasteiger partial charge < -0.3 is 4.52 Å². The summed E-state index contributed by atoms with van der Waals surface area (Å²) in [5, 5.41) is 2.96. The number of hydrogen-bond donors (Lipinski definition) is 0. The number of benzene rings is 1. The van der Waals surface area contributed by atoms with Crippen LogP contribution in [-0.2, 0) is 5.92 Å². The van der Waals surface area contributed by atoms with Crippen LogP contribution in [0.1, 0.15) is 5.89 Å². The van der Waals surface area contributed by atoms with Gasteiger partial charge in [0.25, 0.3) is 0 Å².